The summed E-state index contributed by atoms with van der Waals surface area (Å²) in [6, 6.07) is 9.05. The number of aromatic nitrogens is 2. The molecule has 6 heteroatoms. The van der Waals surface area contributed by atoms with Crippen molar-refractivity contribution >= 4 is 17.5 Å². The summed E-state index contributed by atoms with van der Waals surface area (Å²) in [5.41, 5.74) is 0.991. The van der Waals surface area contributed by atoms with E-state index >= 15 is 0 Å². The van der Waals surface area contributed by atoms with Gasteiger partial charge in [0.25, 0.3) is 5.91 Å². The van der Waals surface area contributed by atoms with Gasteiger partial charge in [0.1, 0.15) is 11.4 Å². The van der Waals surface area contributed by atoms with Crippen LogP contribution in [0.3, 0.4) is 0 Å². The Bertz CT molecular complexity index is 763. The topological polar surface area (TPSA) is 67.4 Å². The Balaban J connectivity index is 1.76. The van der Waals surface area contributed by atoms with Crippen LogP contribution in [0, 0.1) is 5.92 Å². The van der Waals surface area contributed by atoms with Crippen molar-refractivity contribution in [2.45, 2.75) is 39.7 Å². The van der Waals surface area contributed by atoms with E-state index in [4.69, 9.17) is 4.74 Å². The molecule has 0 spiro atoms. The molecule has 1 aromatic heterocycles. The van der Waals surface area contributed by atoms with E-state index < -0.39 is 0 Å². The maximum absolute atomic E-state index is 12.7. The summed E-state index contributed by atoms with van der Waals surface area (Å²) in [5.74, 6) is 1.62. The van der Waals surface area contributed by atoms with Gasteiger partial charge in [0.15, 0.2) is 0 Å². The number of benzene rings is 1. The predicted octanol–water partition coefficient (Wildman–Crippen LogP) is 3.75. The van der Waals surface area contributed by atoms with Crippen LogP contribution in [0.4, 0.5) is 11.6 Å². The van der Waals surface area contributed by atoms with Crippen molar-refractivity contribution in [2.75, 3.05) is 23.3 Å². The number of ether oxygens (including phenoxy) is 1. The molecule has 0 bridgehead atoms. The first-order valence-corrected chi connectivity index (χ1v) is 9.18. The lowest BCUT2D eigenvalue weighted by Crippen LogP contribution is -2.35. The van der Waals surface area contributed by atoms with Crippen LogP contribution in [0.1, 0.15) is 44.1 Å². The molecule has 1 saturated heterocycles. The molecule has 2 aromatic rings. The molecule has 138 valence electrons. The molecule has 3 rings (SSSR count). The van der Waals surface area contributed by atoms with Gasteiger partial charge in [0.05, 0.1) is 11.8 Å². The van der Waals surface area contributed by atoms with Crippen LogP contribution < -0.4 is 15.0 Å². The minimum Gasteiger partial charge on any atom is -0.489 e. The Kier molecular flexibility index (Phi) is 5.71. The number of nitrogens with zero attached hydrogens (tertiary/aromatic N) is 3. The molecule has 1 fully saturated rings. The highest BCUT2D eigenvalue weighted by molar-refractivity contribution is 6.03. The molecule has 1 N–H and O–H groups in total. The average molecular weight is 354 g/mol. The van der Waals surface area contributed by atoms with Gasteiger partial charge in [-0.05, 0) is 50.8 Å². The summed E-state index contributed by atoms with van der Waals surface area (Å²) in [5, 5.41) is 2.90. The Morgan fingerprint density at radius 1 is 1.31 bits per heavy atom. The van der Waals surface area contributed by atoms with E-state index in [1.165, 1.54) is 6.42 Å². The van der Waals surface area contributed by atoms with Gasteiger partial charge in [-0.2, -0.15) is 0 Å². The smallest absolute Gasteiger partial charge is 0.274 e. The number of carbonyl (C=O) groups excluding carboxylic acids is 1. The zero-order valence-corrected chi connectivity index (χ0v) is 15.6. The van der Waals surface area contributed by atoms with Crippen molar-refractivity contribution in [3.8, 4) is 5.75 Å². The molecule has 0 radical (unpaired) electrons. The molecule has 0 saturated carbocycles. The third kappa shape index (κ3) is 4.50. The fourth-order valence-corrected chi connectivity index (χ4v) is 3.11. The minimum atomic E-state index is -0.265. The Labute approximate surface area is 154 Å². The lowest BCUT2D eigenvalue weighted by molar-refractivity contribution is 0.102. The van der Waals surface area contributed by atoms with E-state index in [0.29, 0.717) is 29.0 Å². The Morgan fingerprint density at radius 3 is 2.88 bits per heavy atom. The van der Waals surface area contributed by atoms with Crippen molar-refractivity contribution in [2.24, 2.45) is 5.92 Å². The van der Waals surface area contributed by atoms with E-state index in [-0.39, 0.29) is 12.0 Å². The van der Waals surface area contributed by atoms with Gasteiger partial charge in [0.2, 0.25) is 5.95 Å². The van der Waals surface area contributed by atoms with E-state index in [1.54, 1.807) is 12.3 Å². The summed E-state index contributed by atoms with van der Waals surface area (Å²) in [7, 11) is 0. The van der Waals surface area contributed by atoms with E-state index in [9.17, 15) is 4.79 Å². The van der Waals surface area contributed by atoms with Crippen LogP contribution in [0.25, 0.3) is 0 Å². The summed E-state index contributed by atoms with van der Waals surface area (Å²) >= 11 is 0. The van der Waals surface area contributed by atoms with Crippen LogP contribution in [-0.2, 0) is 0 Å². The highest BCUT2D eigenvalue weighted by Gasteiger charge is 2.20. The molecule has 1 aliphatic heterocycles. The van der Waals surface area contributed by atoms with Crippen molar-refractivity contribution < 1.29 is 9.53 Å². The Morgan fingerprint density at radius 2 is 2.12 bits per heavy atom. The van der Waals surface area contributed by atoms with Crippen LogP contribution in [0.15, 0.2) is 36.5 Å². The second-order valence-electron chi connectivity index (χ2n) is 7.05. The summed E-state index contributed by atoms with van der Waals surface area (Å²) in [6.45, 7) is 7.99. The third-order valence-corrected chi connectivity index (χ3v) is 4.31. The lowest BCUT2D eigenvalue weighted by Gasteiger charge is -2.30. The lowest BCUT2D eigenvalue weighted by atomic mass is 10.0. The fourth-order valence-electron chi connectivity index (χ4n) is 3.11. The first kappa shape index (κ1) is 18.2. The van der Waals surface area contributed by atoms with Gasteiger partial charge in [-0.25, -0.2) is 9.97 Å². The molecule has 1 unspecified atom stereocenters. The monoisotopic (exact) mass is 354 g/mol. The average Bonchev–Trinajstić information content (AvgIpc) is 2.63. The van der Waals surface area contributed by atoms with Crippen LogP contribution >= 0.6 is 0 Å². The van der Waals surface area contributed by atoms with Crippen LogP contribution in [-0.4, -0.2) is 35.1 Å². The van der Waals surface area contributed by atoms with Gasteiger partial charge < -0.3 is 15.0 Å². The van der Waals surface area contributed by atoms with Crippen molar-refractivity contribution in [1.29, 1.82) is 0 Å². The quantitative estimate of drug-likeness (QED) is 0.886. The molecule has 2 heterocycles. The van der Waals surface area contributed by atoms with Gasteiger partial charge in [-0.15, -0.1) is 0 Å². The van der Waals surface area contributed by atoms with E-state index in [0.717, 1.165) is 19.5 Å². The molecular formula is C20H26N4O2. The number of piperidine rings is 1. The van der Waals surface area contributed by atoms with Gasteiger partial charge in [-0.1, -0.05) is 19.1 Å². The number of carbonyl (C=O) groups is 1. The largest absolute Gasteiger partial charge is 0.489 e. The fraction of sp³-hybridized carbons (Fsp3) is 0.450. The number of nitrogens with one attached hydrogen (secondary N) is 1. The normalized spacial score (nSPS) is 17.2. The van der Waals surface area contributed by atoms with Crippen molar-refractivity contribution in [3.05, 3.63) is 42.2 Å². The third-order valence-electron chi connectivity index (χ3n) is 4.31. The molecule has 0 aliphatic carbocycles. The number of hydrogen-bond acceptors (Lipinski definition) is 5. The molecule has 1 amide bonds. The number of para-hydroxylation sites is 2. The van der Waals surface area contributed by atoms with E-state index in [2.05, 4.69) is 27.1 Å². The summed E-state index contributed by atoms with van der Waals surface area (Å²) < 4.78 is 5.76. The highest BCUT2D eigenvalue weighted by atomic mass is 16.5. The molecular weight excluding hydrogens is 328 g/mol. The minimum absolute atomic E-state index is 0.0276. The van der Waals surface area contributed by atoms with E-state index in [1.807, 2.05) is 38.1 Å². The highest BCUT2D eigenvalue weighted by Crippen LogP contribution is 2.25. The standard InChI is InChI=1S/C20H26N4O2/c1-14(2)26-18-9-5-4-8-16(18)22-19(25)17-10-11-21-20(23-17)24-12-6-7-15(3)13-24/h4-5,8-11,14-15H,6-7,12-13H2,1-3H3,(H,22,25). The van der Waals surface area contributed by atoms with Gasteiger partial charge in [0, 0.05) is 19.3 Å². The first-order valence-electron chi connectivity index (χ1n) is 9.18. The molecule has 1 aliphatic rings. The molecule has 6 nitrogen and oxygen atoms in total. The molecule has 26 heavy (non-hydrogen) atoms. The predicted molar refractivity (Wildman–Crippen MR) is 103 cm³/mol. The summed E-state index contributed by atoms with van der Waals surface area (Å²) in [4.78, 5) is 23.7. The van der Waals surface area contributed by atoms with Gasteiger partial charge in [-0.3, -0.25) is 4.79 Å². The number of amides is 1. The maximum atomic E-state index is 12.7. The van der Waals surface area contributed by atoms with Gasteiger partial charge >= 0.3 is 0 Å². The number of hydrogen-bond donors (Lipinski definition) is 1. The second kappa shape index (κ2) is 8.17. The zero-order valence-electron chi connectivity index (χ0n) is 15.6. The maximum Gasteiger partial charge on any atom is 0.274 e. The second-order valence-corrected chi connectivity index (χ2v) is 7.05. The number of anilines is 2. The van der Waals surface area contributed by atoms with Crippen molar-refractivity contribution in [3.63, 3.8) is 0 Å². The zero-order chi connectivity index (χ0) is 18.5. The number of rotatable bonds is 5. The first-order chi connectivity index (χ1) is 12.5. The molecule has 1 aromatic carbocycles. The molecule has 1 atom stereocenters. The summed E-state index contributed by atoms with van der Waals surface area (Å²) in [6.07, 6.45) is 4.02. The van der Waals surface area contributed by atoms with Crippen molar-refractivity contribution in [1.82, 2.24) is 9.97 Å². The Hall–Kier alpha value is -2.63. The SMILES string of the molecule is CC1CCCN(c2nccc(C(=O)Nc3ccccc3OC(C)C)n2)C1. The van der Waals surface area contributed by atoms with Crippen LogP contribution in [0.2, 0.25) is 0 Å². The van der Waals surface area contributed by atoms with Crippen LogP contribution in [0.5, 0.6) is 5.75 Å².